The number of carbonyl (C=O) groups excluding carboxylic acids is 1. The number of nitrogens with two attached hydrogens (primary N) is 1. The normalized spacial score (nSPS) is 22.8. The van der Waals surface area contributed by atoms with E-state index in [0.29, 0.717) is 13.1 Å². The van der Waals surface area contributed by atoms with Crippen LogP contribution in [0.1, 0.15) is 10.6 Å². The summed E-state index contributed by atoms with van der Waals surface area (Å²) in [6, 6.07) is 1.10. The number of rotatable bonds is 4. The van der Waals surface area contributed by atoms with Crippen LogP contribution in [-0.4, -0.2) is 58.7 Å². The van der Waals surface area contributed by atoms with Crippen molar-refractivity contribution in [3.8, 4) is 0 Å². The zero-order valence-corrected chi connectivity index (χ0v) is 13.8. The molecule has 2 heterocycles. The van der Waals surface area contributed by atoms with E-state index >= 15 is 0 Å². The quantitative estimate of drug-likeness (QED) is 0.794. The SMILES string of the molecule is COC1CN(C(=O)c2cc(S(N)(=O)=O)c(Br)o2)CC1OC. The minimum absolute atomic E-state index is 0.0980. The summed E-state index contributed by atoms with van der Waals surface area (Å²) in [4.78, 5) is 13.5. The Kier molecular flexibility index (Phi) is 4.73. The van der Waals surface area contributed by atoms with Crippen LogP contribution in [-0.2, 0) is 19.5 Å². The summed E-state index contributed by atoms with van der Waals surface area (Å²) < 4.78 is 38.2. The predicted octanol–water partition coefficient (Wildman–Crippen LogP) is 0.175. The second-order valence-electron chi connectivity index (χ2n) is 4.55. The smallest absolute Gasteiger partial charge is 0.289 e. The van der Waals surface area contributed by atoms with Crippen molar-refractivity contribution in [1.82, 2.24) is 4.90 Å². The standard InChI is InChI=1S/C11H15BrN2O6S/c1-18-7-4-14(5-8(7)19-2)11(15)6-3-9(10(12)20-6)21(13,16)17/h3,7-8H,4-5H2,1-2H3,(H2,13,16,17). The van der Waals surface area contributed by atoms with Gasteiger partial charge < -0.3 is 18.8 Å². The number of amides is 1. The average molecular weight is 383 g/mol. The van der Waals surface area contributed by atoms with E-state index < -0.39 is 15.9 Å². The Morgan fingerprint density at radius 3 is 2.29 bits per heavy atom. The molecule has 0 spiro atoms. The molecule has 0 aliphatic carbocycles. The number of primary sulfonamides is 1. The van der Waals surface area contributed by atoms with Crippen molar-refractivity contribution >= 4 is 31.9 Å². The van der Waals surface area contributed by atoms with Crippen LogP contribution in [0.3, 0.4) is 0 Å². The van der Waals surface area contributed by atoms with Crippen LogP contribution in [0.5, 0.6) is 0 Å². The average Bonchev–Trinajstić information content (AvgIpc) is 3.00. The zero-order valence-electron chi connectivity index (χ0n) is 11.4. The van der Waals surface area contributed by atoms with Crippen LogP contribution in [0, 0.1) is 0 Å². The number of hydrogen-bond donors (Lipinski definition) is 1. The summed E-state index contributed by atoms with van der Waals surface area (Å²) >= 11 is 2.93. The maximum Gasteiger partial charge on any atom is 0.289 e. The Balaban J connectivity index is 2.22. The molecule has 2 N–H and O–H groups in total. The van der Waals surface area contributed by atoms with Crippen molar-refractivity contribution in [3.63, 3.8) is 0 Å². The summed E-state index contributed by atoms with van der Waals surface area (Å²) in [7, 11) is -0.891. The molecule has 1 saturated heterocycles. The van der Waals surface area contributed by atoms with E-state index in [1.165, 1.54) is 19.1 Å². The van der Waals surface area contributed by atoms with Crippen molar-refractivity contribution in [2.45, 2.75) is 17.1 Å². The van der Waals surface area contributed by atoms with Gasteiger partial charge in [-0.2, -0.15) is 0 Å². The van der Waals surface area contributed by atoms with Crippen molar-refractivity contribution in [2.24, 2.45) is 5.14 Å². The van der Waals surface area contributed by atoms with Gasteiger partial charge in [0.05, 0.1) is 0 Å². The molecule has 2 unspecified atom stereocenters. The number of likely N-dealkylation sites (tertiary alicyclic amines) is 1. The first-order valence-electron chi connectivity index (χ1n) is 5.95. The van der Waals surface area contributed by atoms with Crippen molar-refractivity contribution < 1.29 is 27.1 Å². The summed E-state index contributed by atoms with van der Waals surface area (Å²) in [6.45, 7) is 0.660. The molecule has 1 amide bonds. The molecule has 1 aliphatic rings. The van der Waals surface area contributed by atoms with E-state index in [1.54, 1.807) is 0 Å². The number of halogens is 1. The summed E-state index contributed by atoms with van der Waals surface area (Å²) in [6.07, 6.45) is -0.481. The molecule has 0 bridgehead atoms. The van der Waals surface area contributed by atoms with E-state index in [2.05, 4.69) is 15.9 Å². The molecule has 0 aromatic carbocycles. The lowest BCUT2D eigenvalue weighted by Crippen LogP contribution is -2.29. The van der Waals surface area contributed by atoms with Gasteiger partial charge >= 0.3 is 0 Å². The molecule has 2 rings (SSSR count). The van der Waals surface area contributed by atoms with Crippen molar-refractivity contribution in [1.29, 1.82) is 0 Å². The van der Waals surface area contributed by atoms with E-state index in [-0.39, 0.29) is 27.5 Å². The Morgan fingerprint density at radius 2 is 1.90 bits per heavy atom. The second kappa shape index (κ2) is 6.05. The molecule has 1 aromatic rings. The Bertz CT molecular complexity index is 631. The number of carbonyl (C=O) groups is 1. The Morgan fingerprint density at radius 1 is 1.38 bits per heavy atom. The molecule has 10 heteroatoms. The largest absolute Gasteiger partial charge is 0.443 e. The van der Waals surface area contributed by atoms with Gasteiger partial charge in [0.25, 0.3) is 5.91 Å². The summed E-state index contributed by atoms with van der Waals surface area (Å²) in [5.41, 5.74) is 0. The van der Waals surface area contributed by atoms with Gasteiger partial charge in [-0.25, -0.2) is 13.6 Å². The van der Waals surface area contributed by atoms with Crippen LogP contribution in [0.15, 0.2) is 20.0 Å². The summed E-state index contributed by atoms with van der Waals surface area (Å²) in [5.74, 6) is -0.565. The van der Waals surface area contributed by atoms with Gasteiger partial charge in [-0.1, -0.05) is 0 Å². The van der Waals surface area contributed by atoms with Crippen LogP contribution >= 0.6 is 15.9 Å². The van der Waals surface area contributed by atoms with E-state index in [0.717, 1.165) is 6.07 Å². The number of hydrogen-bond acceptors (Lipinski definition) is 6. The first kappa shape index (κ1) is 16.4. The fraction of sp³-hybridized carbons (Fsp3) is 0.545. The molecular weight excluding hydrogens is 368 g/mol. The molecule has 8 nitrogen and oxygen atoms in total. The summed E-state index contributed by atoms with van der Waals surface area (Å²) in [5, 5.41) is 5.03. The first-order valence-corrected chi connectivity index (χ1v) is 8.28. The molecule has 1 aromatic heterocycles. The lowest BCUT2D eigenvalue weighted by atomic mass is 10.3. The van der Waals surface area contributed by atoms with Crippen LogP contribution < -0.4 is 5.14 Å². The second-order valence-corrected chi connectivity index (χ2v) is 6.80. The molecule has 1 fully saturated rings. The maximum absolute atomic E-state index is 12.3. The highest BCUT2D eigenvalue weighted by Crippen LogP contribution is 2.27. The van der Waals surface area contributed by atoms with E-state index in [1.807, 2.05) is 0 Å². The number of ether oxygens (including phenoxy) is 2. The third-order valence-electron chi connectivity index (χ3n) is 3.28. The molecule has 2 atom stereocenters. The number of methoxy groups -OCH3 is 2. The van der Waals surface area contributed by atoms with E-state index in [9.17, 15) is 13.2 Å². The van der Waals surface area contributed by atoms with E-state index in [4.69, 9.17) is 19.0 Å². The monoisotopic (exact) mass is 382 g/mol. The highest BCUT2D eigenvalue weighted by atomic mass is 79.9. The Labute approximate surface area is 130 Å². The van der Waals surface area contributed by atoms with Crippen LogP contribution in [0.25, 0.3) is 0 Å². The van der Waals surface area contributed by atoms with Gasteiger partial charge in [-0.15, -0.1) is 0 Å². The van der Waals surface area contributed by atoms with Gasteiger partial charge in [0.15, 0.2) is 10.4 Å². The first-order chi connectivity index (χ1) is 9.77. The topological polar surface area (TPSA) is 112 Å². The predicted molar refractivity (Wildman–Crippen MR) is 75.3 cm³/mol. The highest BCUT2D eigenvalue weighted by molar-refractivity contribution is 9.10. The number of furan rings is 1. The van der Waals surface area contributed by atoms with Crippen LogP contribution in [0.2, 0.25) is 0 Å². The van der Waals surface area contributed by atoms with Gasteiger partial charge in [-0.3, -0.25) is 4.79 Å². The molecule has 1 aliphatic heterocycles. The van der Waals surface area contributed by atoms with Crippen LogP contribution in [0.4, 0.5) is 0 Å². The minimum atomic E-state index is -3.96. The molecular formula is C11H15BrN2O6S. The maximum atomic E-state index is 12.3. The van der Waals surface area contributed by atoms with Gasteiger partial charge in [0, 0.05) is 33.4 Å². The zero-order chi connectivity index (χ0) is 15.8. The molecule has 0 saturated carbocycles. The Hall–Kier alpha value is -0.940. The molecule has 21 heavy (non-hydrogen) atoms. The minimum Gasteiger partial charge on any atom is -0.443 e. The molecule has 0 radical (unpaired) electrons. The number of sulfonamides is 1. The van der Waals surface area contributed by atoms with Gasteiger partial charge in [-0.05, 0) is 15.9 Å². The lowest BCUT2D eigenvalue weighted by molar-refractivity contribution is -0.00461. The number of nitrogens with zero attached hydrogens (tertiary/aromatic N) is 1. The fourth-order valence-corrected chi connectivity index (χ4v) is 3.67. The van der Waals surface area contributed by atoms with Gasteiger partial charge in [0.2, 0.25) is 10.0 Å². The van der Waals surface area contributed by atoms with Crippen molar-refractivity contribution in [3.05, 3.63) is 16.5 Å². The van der Waals surface area contributed by atoms with Gasteiger partial charge in [0.1, 0.15) is 17.1 Å². The third-order valence-corrected chi connectivity index (χ3v) is 5.05. The fourth-order valence-electron chi connectivity index (χ4n) is 2.17. The highest BCUT2D eigenvalue weighted by Gasteiger charge is 2.37. The third kappa shape index (κ3) is 3.29. The molecule has 118 valence electrons. The lowest BCUT2D eigenvalue weighted by Gasteiger charge is -2.13. The van der Waals surface area contributed by atoms with Crippen molar-refractivity contribution in [2.75, 3.05) is 27.3 Å².